The summed E-state index contributed by atoms with van der Waals surface area (Å²) in [5.41, 5.74) is 6.01. The zero-order valence-electron chi connectivity index (χ0n) is 19.6. The summed E-state index contributed by atoms with van der Waals surface area (Å²) in [5, 5.41) is 3.47. The van der Waals surface area contributed by atoms with E-state index in [-0.39, 0.29) is 5.92 Å². The first-order valence-corrected chi connectivity index (χ1v) is 12.0. The minimum absolute atomic E-state index is 0.0423. The Kier molecular flexibility index (Phi) is 12.3. The SMILES string of the molecule is C=Cc1ccc(CCCCCCCNCc2nc[nH]c2C)cc1CCC(C=O)CCC=O. The van der Waals surface area contributed by atoms with Gasteiger partial charge in [0.1, 0.15) is 12.6 Å². The standard InChI is InChI=1S/C27H39N3O2/c1-3-25-14-12-23(18-26(25)15-13-24(20-32)11-9-17-31)10-7-5-4-6-8-16-28-19-27-22(2)29-21-30-27/h3,12,14,17-18,20-21,24,28H,1,4-11,13,15-16,19H2,2H3,(H,29,30). The van der Waals surface area contributed by atoms with Crippen molar-refractivity contribution in [2.45, 2.75) is 77.7 Å². The number of aromatic amines is 1. The molecule has 0 amide bonds. The lowest BCUT2D eigenvalue weighted by atomic mass is 9.92. The van der Waals surface area contributed by atoms with Gasteiger partial charge in [0.2, 0.25) is 0 Å². The summed E-state index contributed by atoms with van der Waals surface area (Å²) in [6, 6.07) is 6.62. The molecule has 0 saturated carbocycles. The van der Waals surface area contributed by atoms with Gasteiger partial charge in [-0.15, -0.1) is 0 Å². The number of hydrogen-bond donors (Lipinski definition) is 2. The summed E-state index contributed by atoms with van der Waals surface area (Å²) in [7, 11) is 0. The van der Waals surface area contributed by atoms with Crippen LogP contribution in [0.5, 0.6) is 0 Å². The van der Waals surface area contributed by atoms with Crippen LogP contribution in [0, 0.1) is 12.8 Å². The van der Waals surface area contributed by atoms with Crippen LogP contribution < -0.4 is 5.32 Å². The second-order valence-corrected chi connectivity index (χ2v) is 8.58. The molecular formula is C27H39N3O2. The number of carbonyl (C=O) groups is 2. The van der Waals surface area contributed by atoms with Crippen LogP contribution in [0.1, 0.15) is 79.4 Å². The number of aryl methyl sites for hydroxylation is 3. The Morgan fingerprint density at radius 3 is 2.62 bits per heavy atom. The summed E-state index contributed by atoms with van der Waals surface area (Å²) >= 11 is 0. The molecule has 174 valence electrons. The maximum absolute atomic E-state index is 11.3. The molecule has 1 heterocycles. The summed E-state index contributed by atoms with van der Waals surface area (Å²) in [6.07, 6.45) is 15.5. The molecule has 5 heteroatoms. The quantitative estimate of drug-likeness (QED) is 0.243. The average Bonchev–Trinajstić information content (AvgIpc) is 3.22. The van der Waals surface area contributed by atoms with Crippen LogP contribution in [-0.4, -0.2) is 29.1 Å². The number of nitrogens with one attached hydrogen (secondary N) is 2. The summed E-state index contributed by atoms with van der Waals surface area (Å²) < 4.78 is 0. The van der Waals surface area contributed by atoms with Crippen molar-refractivity contribution in [2.24, 2.45) is 5.92 Å². The van der Waals surface area contributed by atoms with Gasteiger partial charge in [0.05, 0.1) is 12.0 Å². The molecule has 0 fully saturated rings. The van der Waals surface area contributed by atoms with Crippen LogP contribution in [0.15, 0.2) is 31.1 Å². The zero-order chi connectivity index (χ0) is 23.0. The normalized spacial score (nSPS) is 11.9. The van der Waals surface area contributed by atoms with Crippen molar-refractivity contribution >= 4 is 18.6 Å². The van der Waals surface area contributed by atoms with Crippen LogP contribution in [0.3, 0.4) is 0 Å². The lowest BCUT2D eigenvalue weighted by molar-refractivity contribution is -0.112. The van der Waals surface area contributed by atoms with Crippen LogP contribution in [0.25, 0.3) is 6.08 Å². The van der Waals surface area contributed by atoms with E-state index in [9.17, 15) is 9.59 Å². The smallest absolute Gasteiger partial charge is 0.123 e. The number of rotatable bonds is 18. The minimum atomic E-state index is -0.0423. The summed E-state index contributed by atoms with van der Waals surface area (Å²) in [5.74, 6) is -0.0423. The van der Waals surface area contributed by atoms with Gasteiger partial charge in [-0.3, -0.25) is 0 Å². The third-order valence-electron chi connectivity index (χ3n) is 6.11. The van der Waals surface area contributed by atoms with Gasteiger partial charge in [-0.1, -0.05) is 50.1 Å². The predicted molar refractivity (Wildman–Crippen MR) is 132 cm³/mol. The Bertz CT molecular complexity index is 828. The number of carbonyl (C=O) groups excluding carboxylic acids is 2. The fraction of sp³-hybridized carbons (Fsp3) is 0.519. The lowest BCUT2D eigenvalue weighted by Crippen LogP contribution is -2.15. The number of unbranched alkanes of at least 4 members (excludes halogenated alkanes) is 4. The zero-order valence-corrected chi connectivity index (χ0v) is 19.6. The van der Waals surface area contributed by atoms with Gasteiger partial charge >= 0.3 is 0 Å². The van der Waals surface area contributed by atoms with Gasteiger partial charge in [0.15, 0.2) is 0 Å². The average molecular weight is 438 g/mol. The van der Waals surface area contributed by atoms with Crippen molar-refractivity contribution in [2.75, 3.05) is 6.54 Å². The molecular weight excluding hydrogens is 398 g/mol. The highest BCUT2D eigenvalue weighted by Crippen LogP contribution is 2.20. The maximum Gasteiger partial charge on any atom is 0.123 e. The largest absolute Gasteiger partial charge is 0.348 e. The number of benzene rings is 1. The predicted octanol–water partition coefficient (Wildman–Crippen LogP) is 5.37. The second-order valence-electron chi connectivity index (χ2n) is 8.58. The van der Waals surface area contributed by atoms with Gasteiger partial charge in [-0.2, -0.15) is 0 Å². The number of H-pyrrole nitrogens is 1. The molecule has 2 aromatic rings. The van der Waals surface area contributed by atoms with E-state index in [0.717, 1.165) is 61.9 Å². The monoisotopic (exact) mass is 437 g/mol. The molecule has 1 aromatic heterocycles. The van der Waals surface area contributed by atoms with E-state index in [0.29, 0.717) is 12.8 Å². The van der Waals surface area contributed by atoms with Crippen LogP contribution in [-0.2, 0) is 29.0 Å². The van der Waals surface area contributed by atoms with Gasteiger partial charge in [-0.25, -0.2) is 4.98 Å². The Labute approximate surface area is 193 Å². The Balaban J connectivity index is 1.64. The molecule has 0 aliphatic carbocycles. The second kappa shape index (κ2) is 15.3. The van der Waals surface area contributed by atoms with Crippen molar-refractivity contribution in [1.82, 2.24) is 15.3 Å². The number of aromatic nitrogens is 2. The van der Waals surface area contributed by atoms with Crippen molar-refractivity contribution < 1.29 is 9.59 Å². The van der Waals surface area contributed by atoms with E-state index < -0.39 is 0 Å². The molecule has 0 bridgehead atoms. The highest BCUT2D eigenvalue weighted by molar-refractivity contribution is 5.57. The first-order chi connectivity index (χ1) is 15.7. The molecule has 32 heavy (non-hydrogen) atoms. The topological polar surface area (TPSA) is 74.8 Å². The van der Waals surface area contributed by atoms with Crippen molar-refractivity contribution in [3.8, 4) is 0 Å². The highest BCUT2D eigenvalue weighted by atomic mass is 16.1. The van der Waals surface area contributed by atoms with E-state index >= 15 is 0 Å². The van der Waals surface area contributed by atoms with Crippen molar-refractivity contribution in [1.29, 1.82) is 0 Å². The molecule has 1 atom stereocenters. The Morgan fingerprint density at radius 2 is 1.91 bits per heavy atom. The molecule has 0 aliphatic rings. The number of nitrogens with zero attached hydrogens (tertiary/aromatic N) is 1. The van der Waals surface area contributed by atoms with Crippen LogP contribution in [0.4, 0.5) is 0 Å². The number of hydrogen-bond acceptors (Lipinski definition) is 4. The highest BCUT2D eigenvalue weighted by Gasteiger charge is 2.09. The molecule has 2 N–H and O–H groups in total. The van der Waals surface area contributed by atoms with Crippen LogP contribution in [0.2, 0.25) is 0 Å². The first kappa shape index (κ1) is 25.7. The minimum Gasteiger partial charge on any atom is -0.348 e. The molecule has 2 rings (SSSR count). The van der Waals surface area contributed by atoms with E-state index in [4.69, 9.17) is 0 Å². The molecule has 1 aromatic carbocycles. The molecule has 0 aliphatic heterocycles. The molecule has 0 spiro atoms. The van der Waals surface area contributed by atoms with Gasteiger partial charge in [0.25, 0.3) is 0 Å². The molecule has 5 nitrogen and oxygen atoms in total. The van der Waals surface area contributed by atoms with E-state index in [1.54, 1.807) is 6.33 Å². The first-order valence-electron chi connectivity index (χ1n) is 12.0. The molecule has 0 radical (unpaired) electrons. The third-order valence-corrected chi connectivity index (χ3v) is 6.11. The molecule has 0 saturated heterocycles. The van der Waals surface area contributed by atoms with Gasteiger partial charge < -0.3 is 19.9 Å². The maximum atomic E-state index is 11.3. The van der Waals surface area contributed by atoms with Crippen LogP contribution >= 0.6 is 0 Å². The van der Waals surface area contributed by atoms with Gasteiger partial charge in [0, 0.05) is 24.6 Å². The number of imidazole rings is 1. The van der Waals surface area contributed by atoms with E-state index in [1.165, 1.54) is 43.2 Å². The van der Waals surface area contributed by atoms with Crippen molar-refractivity contribution in [3.05, 3.63) is 59.2 Å². The van der Waals surface area contributed by atoms with Gasteiger partial charge in [-0.05, 0) is 68.7 Å². The van der Waals surface area contributed by atoms with E-state index in [2.05, 4.69) is 47.0 Å². The Morgan fingerprint density at radius 1 is 1.09 bits per heavy atom. The fourth-order valence-electron chi connectivity index (χ4n) is 4.02. The lowest BCUT2D eigenvalue weighted by Gasteiger charge is -2.12. The summed E-state index contributed by atoms with van der Waals surface area (Å²) in [4.78, 5) is 29.3. The van der Waals surface area contributed by atoms with E-state index in [1.807, 2.05) is 6.08 Å². The number of aldehydes is 2. The Hall–Kier alpha value is -2.53. The molecule has 1 unspecified atom stereocenters. The fourth-order valence-corrected chi connectivity index (χ4v) is 4.02. The third kappa shape index (κ3) is 9.31. The summed E-state index contributed by atoms with van der Waals surface area (Å²) in [6.45, 7) is 7.85. The van der Waals surface area contributed by atoms with Crippen molar-refractivity contribution in [3.63, 3.8) is 0 Å².